The van der Waals surface area contributed by atoms with Crippen LogP contribution in [0.3, 0.4) is 0 Å². The fourth-order valence-electron chi connectivity index (χ4n) is 4.25. The molecule has 3 heteroatoms. The standard InChI is InChI=1S/C23H32NOP/c1-3-4-5-8-13-21-18-20(2)19-24(21)26(25,22-14-9-6-10-15-22)23-16-11-7-12-17-23/h6-7,9-12,14-17,20-21H,3-5,8,13,18-19H2,1-2H3/t20-,21+/m1/s1. The molecule has 1 aliphatic heterocycles. The Morgan fingerprint density at radius 3 is 2.04 bits per heavy atom. The first kappa shape index (κ1) is 19.4. The minimum atomic E-state index is -2.79. The molecule has 1 heterocycles. The molecule has 0 radical (unpaired) electrons. The first-order chi connectivity index (χ1) is 12.7. The van der Waals surface area contributed by atoms with Crippen molar-refractivity contribution in [3.05, 3.63) is 60.7 Å². The smallest absolute Gasteiger partial charge is 0.207 e. The van der Waals surface area contributed by atoms with Crippen molar-refractivity contribution in [2.24, 2.45) is 5.92 Å². The van der Waals surface area contributed by atoms with Gasteiger partial charge in [0.05, 0.1) is 0 Å². The highest BCUT2D eigenvalue weighted by molar-refractivity contribution is 7.76. The van der Waals surface area contributed by atoms with Crippen LogP contribution in [0.4, 0.5) is 0 Å². The van der Waals surface area contributed by atoms with E-state index in [1.165, 1.54) is 25.7 Å². The van der Waals surface area contributed by atoms with Gasteiger partial charge in [0.2, 0.25) is 7.29 Å². The molecule has 0 bridgehead atoms. The lowest BCUT2D eigenvalue weighted by atomic mass is 10.0. The van der Waals surface area contributed by atoms with E-state index in [4.69, 9.17) is 0 Å². The van der Waals surface area contributed by atoms with Crippen LogP contribution in [0.5, 0.6) is 0 Å². The quantitative estimate of drug-likeness (QED) is 0.446. The maximum atomic E-state index is 14.6. The van der Waals surface area contributed by atoms with Gasteiger partial charge in [-0.2, -0.15) is 0 Å². The van der Waals surface area contributed by atoms with Gasteiger partial charge in [-0.15, -0.1) is 0 Å². The highest BCUT2D eigenvalue weighted by Gasteiger charge is 2.43. The van der Waals surface area contributed by atoms with Crippen LogP contribution < -0.4 is 10.6 Å². The zero-order valence-corrected chi connectivity index (χ0v) is 17.1. The van der Waals surface area contributed by atoms with E-state index in [0.29, 0.717) is 12.0 Å². The average Bonchev–Trinajstić information content (AvgIpc) is 3.07. The molecule has 0 saturated carbocycles. The van der Waals surface area contributed by atoms with E-state index in [0.717, 1.165) is 30.0 Å². The van der Waals surface area contributed by atoms with Gasteiger partial charge in [-0.05, 0) is 43.0 Å². The number of hydrogen-bond donors (Lipinski definition) is 0. The minimum absolute atomic E-state index is 0.424. The van der Waals surface area contributed by atoms with Crippen molar-refractivity contribution in [3.63, 3.8) is 0 Å². The molecule has 140 valence electrons. The predicted octanol–water partition coefficient (Wildman–Crippen LogP) is 5.60. The molecule has 1 aliphatic rings. The SMILES string of the molecule is CCCCCC[C@H]1C[C@@H](C)CN1P(=O)(c1ccccc1)c1ccccc1. The summed E-state index contributed by atoms with van der Waals surface area (Å²) in [5, 5.41) is 1.94. The zero-order valence-electron chi connectivity index (χ0n) is 16.2. The molecule has 1 saturated heterocycles. The van der Waals surface area contributed by atoms with Gasteiger partial charge in [0.25, 0.3) is 0 Å². The maximum Gasteiger partial charge on any atom is 0.207 e. The van der Waals surface area contributed by atoms with Crippen molar-refractivity contribution in [1.82, 2.24) is 4.67 Å². The summed E-state index contributed by atoms with van der Waals surface area (Å²) in [6.07, 6.45) is 7.42. The van der Waals surface area contributed by atoms with Crippen LogP contribution in [0, 0.1) is 5.92 Å². The van der Waals surface area contributed by atoms with Gasteiger partial charge in [-0.1, -0.05) is 75.9 Å². The number of benzene rings is 2. The third-order valence-corrected chi connectivity index (χ3v) is 8.77. The molecule has 0 N–H and O–H groups in total. The number of nitrogens with zero attached hydrogens (tertiary/aromatic N) is 1. The summed E-state index contributed by atoms with van der Waals surface area (Å²) in [6.45, 7) is 5.49. The second-order valence-corrected chi connectivity index (χ2v) is 10.4. The largest absolute Gasteiger partial charge is 0.296 e. The Morgan fingerprint density at radius 2 is 1.50 bits per heavy atom. The van der Waals surface area contributed by atoms with Crippen LogP contribution in [0.15, 0.2) is 60.7 Å². The molecule has 0 spiro atoms. The van der Waals surface area contributed by atoms with Crippen molar-refractivity contribution < 1.29 is 4.57 Å². The first-order valence-electron chi connectivity index (χ1n) is 10.1. The lowest BCUT2D eigenvalue weighted by molar-refractivity contribution is 0.366. The molecule has 0 unspecified atom stereocenters. The molecule has 3 rings (SSSR count). The maximum absolute atomic E-state index is 14.6. The highest BCUT2D eigenvalue weighted by Crippen LogP contribution is 2.53. The monoisotopic (exact) mass is 369 g/mol. The fourth-order valence-corrected chi connectivity index (χ4v) is 7.48. The molecule has 26 heavy (non-hydrogen) atoms. The Kier molecular flexibility index (Phi) is 6.73. The highest BCUT2D eigenvalue weighted by atomic mass is 31.2. The molecule has 2 atom stereocenters. The van der Waals surface area contributed by atoms with Crippen LogP contribution in [-0.2, 0) is 4.57 Å². The van der Waals surface area contributed by atoms with Crippen molar-refractivity contribution >= 4 is 17.9 Å². The summed E-state index contributed by atoms with van der Waals surface area (Å²) in [7, 11) is -2.79. The van der Waals surface area contributed by atoms with E-state index < -0.39 is 7.29 Å². The topological polar surface area (TPSA) is 20.3 Å². The second kappa shape index (κ2) is 9.02. The van der Waals surface area contributed by atoms with Gasteiger partial charge < -0.3 is 0 Å². The minimum Gasteiger partial charge on any atom is -0.296 e. The number of hydrogen-bond acceptors (Lipinski definition) is 1. The van der Waals surface area contributed by atoms with E-state index in [1.54, 1.807) is 0 Å². The Labute approximate surface area is 159 Å². The van der Waals surface area contributed by atoms with Gasteiger partial charge in [0.15, 0.2) is 0 Å². The summed E-state index contributed by atoms with van der Waals surface area (Å²) in [6, 6.07) is 20.7. The van der Waals surface area contributed by atoms with Crippen molar-refractivity contribution in [2.45, 2.75) is 58.4 Å². The summed E-state index contributed by atoms with van der Waals surface area (Å²) >= 11 is 0. The zero-order chi connectivity index (χ0) is 18.4. The van der Waals surface area contributed by atoms with Crippen LogP contribution in [-0.4, -0.2) is 17.3 Å². The lowest BCUT2D eigenvalue weighted by Crippen LogP contribution is -2.36. The average molecular weight is 369 g/mol. The van der Waals surface area contributed by atoms with E-state index >= 15 is 0 Å². The van der Waals surface area contributed by atoms with Crippen LogP contribution in [0.1, 0.15) is 52.4 Å². The van der Waals surface area contributed by atoms with Gasteiger partial charge in [-0.25, -0.2) is 4.67 Å². The Balaban J connectivity index is 1.94. The summed E-state index contributed by atoms with van der Waals surface area (Å²) < 4.78 is 17.0. The van der Waals surface area contributed by atoms with Crippen LogP contribution in [0.2, 0.25) is 0 Å². The molecule has 2 nitrogen and oxygen atoms in total. The van der Waals surface area contributed by atoms with E-state index in [-0.39, 0.29) is 0 Å². The summed E-state index contributed by atoms with van der Waals surface area (Å²) in [5.41, 5.74) is 0. The van der Waals surface area contributed by atoms with Gasteiger partial charge in [-0.3, -0.25) is 4.57 Å². The van der Waals surface area contributed by atoms with Gasteiger partial charge >= 0.3 is 0 Å². The molecule has 1 fully saturated rings. The van der Waals surface area contributed by atoms with E-state index in [2.05, 4.69) is 18.5 Å². The molecular weight excluding hydrogens is 337 g/mol. The molecular formula is C23H32NOP. The number of rotatable bonds is 8. The van der Waals surface area contributed by atoms with Crippen LogP contribution in [0.25, 0.3) is 0 Å². The van der Waals surface area contributed by atoms with Crippen molar-refractivity contribution in [2.75, 3.05) is 6.54 Å². The van der Waals surface area contributed by atoms with E-state index in [1.807, 2.05) is 60.7 Å². The lowest BCUT2D eigenvalue weighted by Gasteiger charge is -2.34. The van der Waals surface area contributed by atoms with Gasteiger partial charge in [0.1, 0.15) is 0 Å². The van der Waals surface area contributed by atoms with Gasteiger partial charge in [0, 0.05) is 23.2 Å². The van der Waals surface area contributed by atoms with E-state index in [9.17, 15) is 4.57 Å². The van der Waals surface area contributed by atoms with Crippen molar-refractivity contribution in [3.8, 4) is 0 Å². The summed E-state index contributed by atoms with van der Waals surface area (Å²) in [5.74, 6) is 0.604. The normalized spacial score (nSPS) is 21.2. The third kappa shape index (κ3) is 4.13. The molecule has 0 aliphatic carbocycles. The third-order valence-electron chi connectivity index (χ3n) is 5.56. The molecule has 0 aromatic heterocycles. The Morgan fingerprint density at radius 1 is 0.923 bits per heavy atom. The molecule has 2 aromatic carbocycles. The van der Waals surface area contributed by atoms with Crippen LogP contribution >= 0.6 is 7.29 Å². The predicted molar refractivity (Wildman–Crippen MR) is 113 cm³/mol. The number of unbranched alkanes of at least 4 members (excludes halogenated alkanes) is 3. The first-order valence-corrected chi connectivity index (χ1v) is 11.8. The molecule has 0 amide bonds. The fraction of sp³-hybridized carbons (Fsp3) is 0.478. The molecule has 2 aromatic rings. The van der Waals surface area contributed by atoms with Crippen molar-refractivity contribution in [1.29, 1.82) is 0 Å². The Bertz CT molecular complexity index is 672. The second-order valence-electron chi connectivity index (χ2n) is 7.71. The summed E-state index contributed by atoms with van der Waals surface area (Å²) in [4.78, 5) is 0. The Hall–Kier alpha value is -1.37.